The van der Waals surface area contributed by atoms with Crippen LogP contribution in [0.4, 0.5) is 5.69 Å². The van der Waals surface area contributed by atoms with E-state index in [1.54, 1.807) is 18.2 Å². The van der Waals surface area contributed by atoms with Crippen molar-refractivity contribution in [3.63, 3.8) is 0 Å². The number of hydrogen-bond donors (Lipinski definition) is 1. The number of nitrogen functional groups attached to an aromatic ring is 1. The molecule has 2 aromatic rings. The predicted molar refractivity (Wildman–Crippen MR) is 74.5 cm³/mol. The molecule has 2 N–H and O–H groups in total. The zero-order valence-corrected chi connectivity index (χ0v) is 11.4. The van der Waals surface area contributed by atoms with Gasteiger partial charge in [0.05, 0.1) is 16.1 Å². The Labute approximate surface area is 114 Å². The molecule has 0 saturated carbocycles. The van der Waals surface area contributed by atoms with Gasteiger partial charge < -0.3 is 10.5 Å². The van der Waals surface area contributed by atoms with E-state index in [1.165, 1.54) is 0 Å². The maximum Gasteiger partial charge on any atom is 0.141 e. The molecular formula is C14H11BrN2O. The summed E-state index contributed by atoms with van der Waals surface area (Å²) >= 11 is 3.38. The summed E-state index contributed by atoms with van der Waals surface area (Å²) in [6, 6.07) is 12.8. The number of benzene rings is 2. The highest BCUT2D eigenvalue weighted by molar-refractivity contribution is 9.10. The Bertz CT molecular complexity index is 632. The molecule has 0 amide bonds. The van der Waals surface area contributed by atoms with Gasteiger partial charge >= 0.3 is 0 Å². The Balaban J connectivity index is 2.35. The third-order valence-corrected chi connectivity index (χ3v) is 3.23. The van der Waals surface area contributed by atoms with Crippen molar-refractivity contribution < 1.29 is 4.74 Å². The second kappa shape index (κ2) is 5.11. The van der Waals surface area contributed by atoms with Gasteiger partial charge in [0, 0.05) is 11.3 Å². The normalized spacial score (nSPS) is 9.83. The lowest BCUT2D eigenvalue weighted by atomic mass is 10.2. The van der Waals surface area contributed by atoms with E-state index in [0.717, 1.165) is 10.0 Å². The highest BCUT2D eigenvalue weighted by Gasteiger charge is 2.07. The third-order valence-electron chi connectivity index (χ3n) is 2.61. The molecule has 0 heterocycles. The lowest BCUT2D eigenvalue weighted by molar-refractivity contribution is 0.476. The van der Waals surface area contributed by atoms with Crippen LogP contribution in [0.1, 0.15) is 11.1 Å². The van der Waals surface area contributed by atoms with Gasteiger partial charge in [0.1, 0.15) is 11.5 Å². The van der Waals surface area contributed by atoms with Crippen LogP contribution in [-0.4, -0.2) is 0 Å². The van der Waals surface area contributed by atoms with Gasteiger partial charge in [-0.25, -0.2) is 0 Å². The highest BCUT2D eigenvalue weighted by Crippen LogP contribution is 2.33. The molecule has 0 aliphatic rings. The standard InChI is InChI=1S/C14H11BrN2O/c1-9-12(17)3-2-4-13(9)18-14-6-5-10(8-16)7-11(14)15/h2-7H,17H2,1H3. The van der Waals surface area contributed by atoms with E-state index in [9.17, 15) is 0 Å². The Hall–Kier alpha value is -1.99. The van der Waals surface area contributed by atoms with Crippen LogP contribution in [0.15, 0.2) is 40.9 Å². The molecule has 18 heavy (non-hydrogen) atoms. The third kappa shape index (κ3) is 2.47. The molecule has 4 heteroatoms. The number of nitriles is 1. The maximum atomic E-state index is 8.79. The molecule has 0 saturated heterocycles. The van der Waals surface area contributed by atoms with Crippen molar-refractivity contribution in [1.29, 1.82) is 5.26 Å². The van der Waals surface area contributed by atoms with Crippen molar-refractivity contribution >= 4 is 21.6 Å². The Morgan fingerprint density at radius 2 is 2.00 bits per heavy atom. The summed E-state index contributed by atoms with van der Waals surface area (Å²) < 4.78 is 6.52. The van der Waals surface area contributed by atoms with Crippen LogP contribution in [-0.2, 0) is 0 Å². The molecule has 0 atom stereocenters. The molecule has 90 valence electrons. The highest BCUT2D eigenvalue weighted by atomic mass is 79.9. The number of nitrogens with zero attached hydrogens (tertiary/aromatic N) is 1. The molecule has 0 bridgehead atoms. The van der Waals surface area contributed by atoms with E-state index in [2.05, 4.69) is 22.0 Å². The first-order chi connectivity index (χ1) is 8.61. The van der Waals surface area contributed by atoms with Gasteiger partial charge in [-0.05, 0) is 53.2 Å². The molecule has 2 rings (SSSR count). The first-order valence-corrected chi connectivity index (χ1v) is 6.13. The minimum absolute atomic E-state index is 0.582. The molecule has 0 aliphatic heterocycles. The van der Waals surface area contributed by atoms with Crippen molar-refractivity contribution in [1.82, 2.24) is 0 Å². The fourth-order valence-electron chi connectivity index (χ4n) is 1.51. The first kappa shape index (κ1) is 12.5. The van der Waals surface area contributed by atoms with Crippen LogP contribution in [0.3, 0.4) is 0 Å². The van der Waals surface area contributed by atoms with Crippen LogP contribution < -0.4 is 10.5 Å². The fourth-order valence-corrected chi connectivity index (χ4v) is 1.97. The van der Waals surface area contributed by atoms with Gasteiger partial charge in [-0.15, -0.1) is 0 Å². The lowest BCUT2D eigenvalue weighted by Crippen LogP contribution is -1.94. The number of nitrogens with two attached hydrogens (primary N) is 1. The molecule has 0 radical (unpaired) electrons. The largest absolute Gasteiger partial charge is 0.456 e. The summed E-state index contributed by atoms with van der Waals surface area (Å²) in [6.07, 6.45) is 0. The van der Waals surface area contributed by atoms with Gasteiger partial charge in [0.25, 0.3) is 0 Å². The zero-order valence-electron chi connectivity index (χ0n) is 9.77. The van der Waals surface area contributed by atoms with Crippen LogP contribution in [0.25, 0.3) is 0 Å². The summed E-state index contributed by atoms with van der Waals surface area (Å²) in [4.78, 5) is 0. The molecule has 0 spiro atoms. The Morgan fingerprint density at radius 1 is 1.22 bits per heavy atom. The summed E-state index contributed by atoms with van der Waals surface area (Å²) in [5.41, 5.74) is 7.99. The molecule has 0 unspecified atom stereocenters. The molecule has 0 aromatic heterocycles. The average Bonchev–Trinajstić information content (AvgIpc) is 2.37. The smallest absolute Gasteiger partial charge is 0.141 e. The topological polar surface area (TPSA) is 59.0 Å². The van der Waals surface area contributed by atoms with Crippen LogP contribution in [0.5, 0.6) is 11.5 Å². The van der Waals surface area contributed by atoms with Crippen molar-refractivity contribution in [2.45, 2.75) is 6.92 Å². The van der Waals surface area contributed by atoms with E-state index in [4.69, 9.17) is 15.7 Å². The number of hydrogen-bond acceptors (Lipinski definition) is 3. The van der Waals surface area contributed by atoms with Gasteiger partial charge in [-0.3, -0.25) is 0 Å². The number of rotatable bonds is 2. The quantitative estimate of drug-likeness (QED) is 0.853. The number of ether oxygens (including phenoxy) is 1. The van der Waals surface area contributed by atoms with Crippen LogP contribution in [0, 0.1) is 18.3 Å². The minimum Gasteiger partial charge on any atom is -0.456 e. The van der Waals surface area contributed by atoms with Crippen molar-refractivity contribution in [3.05, 3.63) is 52.0 Å². The molecule has 0 aliphatic carbocycles. The van der Waals surface area contributed by atoms with Crippen molar-refractivity contribution in [2.24, 2.45) is 0 Å². The zero-order chi connectivity index (χ0) is 13.1. The Morgan fingerprint density at radius 3 is 2.67 bits per heavy atom. The van der Waals surface area contributed by atoms with Crippen LogP contribution >= 0.6 is 15.9 Å². The van der Waals surface area contributed by atoms with E-state index in [-0.39, 0.29) is 0 Å². The monoisotopic (exact) mass is 302 g/mol. The van der Waals surface area contributed by atoms with Gasteiger partial charge in [-0.1, -0.05) is 6.07 Å². The molecule has 2 aromatic carbocycles. The van der Waals surface area contributed by atoms with E-state index in [0.29, 0.717) is 22.7 Å². The molecule has 3 nitrogen and oxygen atoms in total. The van der Waals surface area contributed by atoms with E-state index in [1.807, 2.05) is 25.1 Å². The molecule has 0 fully saturated rings. The maximum absolute atomic E-state index is 8.79. The van der Waals surface area contributed by atoms with Crippen molar-refractivity contribution in [3.8, 4) is 17.6 Å². The van der Waals surface area contributed by atoms with Crippen LogP contribution in [0.2, 0.25) is 0 Å². The summed E-state index contributed by atoms with van der Waals surface area (Å²) in [5.74, 6) is 1.36. The lowest BCUT2D eigenvalue weighted by Gasteiger charge is -2.11. The average molecular weight is 303 g/mol. The molecular weight excluding hydrogens is 292 g/mol. The summed E-state index contributed by atoms with van der Waals surface area (Å²) in [5, 5.41) is 8.79. The fraction of sp³-hybridized carbons (Fsp3) is 0.0714. The van der Waals surface area contributed by atoms with E-state index < -0.39 is 0 Å². The second-order valence-electron chi connectivity index (χ2n) is 3.83. The SMILES string of the molecule is Cc1c(N)cccc1Oc1ccc(C#N)cc1Br. The predicted octanol–water partition coefficient (Wildman–Crippen LogP) is 4.00. The first-order valence-electron chi connectivity index (χ1n) is 5.34. The van der Waals surface area contributed by atoms with Gasteiger partial charge in [0.2, 0.25) is 0 Å². The van der Waals surface area contributed by atoms with Gasteiger partial charge in [-0.2, -0.15) is 5.26 Å². The number of anilines is 1. The van der Waals surface area contributed by atoms with Gasteiger partial charge in [0.15, 0.2) is 0 Å². The summed E-state index contributed by atoms with van der Waals surface area (Å²) in [7, 11) is 0. The van der Waals surface area contributed by atoms with Crippen molar-refractivity contribution in [2.75, 3.05) is 5.73 Å². The number of halogens is 1. The Kier molecular flexibility index (Phi) is 3.54. The van der Waals surface area contributed by atoms with E-state index >= 15 is 0 Å². The second-order valence-corrected chi connectivity index (χ2v) is 4.68. The minimum atomic E-state index is 0.582. The summed E-state index contributed by atoms with van der Waals surface area (Å²) in [6.45, 7) is 1.90.